The molecular formula is C13H9N3O. The van der Waals surface area contributed by atoms with Gasteiger partial charge in [0.2, 0.25) is 0 Å². The van der Waals surface area contributed by atoms with Crippen LogP contribution >= 0.6 is 0 Å². The Morgan fingerprint density at radius 3 is 3.06 bits per heavy atom. The van der Waals surface area contributed by atoms with E-state index in [0.717, 1.165) is 29.7 Å². The minimum Gasteiger partial charge on any atom is -0.244 e. The summed E-state index contributed by atoms with van der Waals surface area (Å²) in [5.41, 5.74) is 4.78. The summed E-state index contributed by atoms with van der Waals surface area (Å²) in [5, 5.41) is 16.4. The van der Waals surface area contributed by atoms with Gasteiger partial charge in [0, 0.05) is 5.57 Å². The van der Waals surface area contributed by atoms with Gasteiger partial charge >= 0.3 is 0 Å². The van der Waals surface area contributed by atoms with Gasteiger partial charge in [0.25, 0.3) is 0 Å². The molecular weight excluding hydrogens is 214 g/mol. The molecule has 2 aromatic rings. The quantitative estimate of drug-likeness (QED) is 0.744. The molecule has 82 valence electrons. The maximum absolute atomic E-state index is 8.89. The number of aryl methyl sites for hydroxylation is 1. The first kappa shape index (κ1) is 9.79. The highest BCUT2D eigenvalue weighted by Crippen LogP contribution is 2.30. The molecule has 0 bridgehead atoms. The van der Waals surface area contributed by atoms with Crippen molar-refractivity contribution >= 4 is 5.57 Å². The standard InChI is InChI=1S/C13H9N3O/c14-7-9-4-5-11-10(6-9)2-1-3-12(11)13-8-15-17-16-13/h3-6,8H,1-2H2. The van der Waals surface area contributed by atoms with Crippen molar-refractivity contribution in [1.29, 1.82) is 5.26 Å². The van der Waals surface area contributed by atoms with Crippen LogP contribution in [0.1, 0.15) is 28.8 Å². The molecule has 0 spiro atoms. The number of benzene rings is 1. The van der Waals surface area contributed by atoms with Gasteiger partial charge in [-0.3, -0.25) is 0 Å². The Balaban J connectivity index is 2.12. The van der Waals surface area contributed by atoms with Gasteiger partial charge in [0.05, 0.1) is 17.8 Å². The molecule has 17 heavy (non-hydrogen) atoms. The van der Waals surface area contributed by atoms with Crippen molar-refractivity contribution in [3.8, 4) is 6.07 Å². The molecule has 0 fully saturated rings. The van der Waals surface area contributed by atoms with Crippen LogP contribution in [0.2, 0.25) is 0 Å². The second-order valence-corrected chi connectivity index (χ2v) is 3.93. The lowest BCUT2D eigenvalue weighted by molar-refractivity contribution is 0.306. The van der Waals surface area contributed by atoms with Crippen LogP contribution in [-0.2, 0) is 6.42 Å². The minimum absolute atomic E-state index is 0.697. The Hall–Kier alpha value is -2.41. The Bertz CT molecular complexity index is 621. The molecule has 4 nitrogen and oxygen atoms in total. The number of rotatable bonds is 1. The summed E-state index contributed by atoms with van der Waals surface area (Å²) in [5.74, 6) is 0. The number of allylic oxidation sites excluding steroid dienone is 1. The van der Waals surface area contributed by atoms with Crippen LogP contribution in [0.5, 0.6) is 0 Å². The van der Waals surface area contributed by atoms with Crippen molar-refractivity contribution in [2.45, 2.75) is 12.8 Å². The number of hydrogen-bond acceptors (Lipinski definition) is 4. The van der Waals surface area contributed by atoms with Gasteiger partial charge in [0.1, 0.15) is 5.69 Å². The predicted octanol–water partition coefficient (Wildman–Crippen LogP) is 2.32. The van der Waals surface area contributed by atoms with Crippen molar-refractivity contribution in [3.63, 3.8) is 0 Å². The maximum atomic E-state index is 8.89. The van der Waals surface area contributed by atoms with E-state index in [4.69, 9.17) is 5.26 Å². The normalized spacial score (nSPS) is 13.7. The molecule has 3 rings (SSSR count). The van der Waals surface area contributed by atoms with E-state index < -0.39 is 0 Å². The summed E-state index contributed by atoms with van der Waals surface area (Å²) in [6, 6.07) is 7.89. The van der Waals surface area contributed by atoms with E-state index >= 15 is 0 Å². The molecule has 1 aromatic carbocycles. The van der Waals surface area contributed by atoms with Crippen molar-refractivity contribution in [1.82, 2.24) is 10.3 Å². The SMILES string of the molecule is N#Cc1ccc2c(c1)CCC=C2c1cnon1. The van der Waals surface area contributed by atoms with Crippen molar-refractivity contribution in [2.24, 2.45) is 0 Å². The highest BCUT2D eigenvalue weighted by atomic mass is 16.6. The molecule has 1 aliphatic rings. The van der Waals surface area contributed by atoms with E-state index in [1.807, 2.05) is 18.2 Å². The number of fused-ring (bicyclic) bond motifs is 1. The van der Waals surface area contributed by atoms with Crippen LogP contribution in [0.15, 0.2) is 35.1 Å². The van der Waals surface area contributed by atoms with Crippen LogP contribution in [0.4, 0.5) is 0 Å². The fraction of sp³-hybridized carbons (Fsp3) is 0.154. The lowest BCUT2D eigenvalue weighted by Gasteiger charge is -2.15. The van der Waals surface area contributed by atoms with Gasteiger partial charge in [-0.15, -0.1) is 0 Å². The van der Waals surface area contributed by atoms with Crippen LogP contribution in [0, 0.1) is 11.3 Å². The van der Waals surface area contributed by atoms with Crippen molar-refractivity contribution < 1.29 is 4.63 Å². The molecule has 0 saturated carbocycles. The Morgan fingerprint density at radius 1 is 1.35 bits per heavy atom. The Kier molecular flexibility index (Phi) is 2.23. The Labute approximate surface area is 98.1 Å². The second-order valence-electron chi connectivity index (χ2n) is 3.93. The van der Waals surface area contributed by atoms with Gasteiger partial charge in [-0.1, -0.05) is 17.3 Å². The summed E-state index contributed by atoms with van der Waals surface area (Å²) >= 11 is 0. The van der Waals surface area contributed by atoms with Gasteiger partial charge in [-0.2, -0.15) is 5.26 Å². The molecule has 0 radical (unpaired) electrons. The van der Waals surface area contributed by atoms with E-state index in [1.165, 1.54) is 5.56 Å². The first-order chi connectivity index (χ1) is 8.38. The molecule has 0 atom stereocenters. The monoisotopic (exact) mass is 223 g/mol. The molecule has 1 aliphatic carbocycles. The highest BCUT2D eigenvalue weighted by Gasteiger charge is 2.16. The van der Waals surface area contributed by atoms with E-state index in [1.54, 1.807) is 6.20 Å². The second kappa shape index (κ2) is 3.87. The zero-order valence-corrected chi connectivity index (χ0v) is 9.05. The average Bonchev–Trinajstić information content (AvgIpc) is 2.91. The average molecular weight is 223 g/mol. The summed E-state index contributed by atoms with van der Waals surface area (Å²) in [6.07, 6.45) is 5.65. The van der Waals surface area contributed by atoms with Gasteiger partial charge < -0.3 is 0 Å². The molecule has 4 heteroatoms. The molecule has 0 aliphatic heterocycles. The highest BCUT2D eigenvalue weighted by molar-refractivity contribution is 5.80. The van der Waals surface area contributed by atoms with Crippen LogP contribution < -0.4 is 0 Å². The van der Waals surface area contributed by atoms with E-state index in [2.05, 4.69) is 27.1 Å². The molecule has 1 heterocycles. The summed E-state index contributed by atoms with van der Waals surface area (Å²) in [7, 11) is 0. The molecule has 0 amide bonds. The summed E-state index contributed by atoms with van der Waals surface area (Å²) in [4.78, 5) is 0. The minimum atomic E-state index is 0.697. The number of hydrogen-bond donors (Lipinski definition) is 0. The third kappa shape index (κ3) is 1.62. The number of nitrogens with zero attached hydrogens (tertiary/aromatic N) is 3. The summed E-state index contributed by atoms with van der Waals surface area (Å²) in [6.45, 7) is 0. The zero-order chi connectivity index (χ0) is 11.7. The van der Waals surface area contributed by atoms with Crippen LogP contribution in [0.3, 0.4) is 0 Å². The number of aromatic nitrogens is 2. The van der Waals surface area contributed by atoms with Gasteiger partial charge in [0.15, 0.2) is 0 Å². The fourth-order valence-corrected chi connectivity index (χ4v) is 2.14. The van der Waals surface area contributed by atoms with E-state index in [0.29, 0.717) is 5.56 Å². The van der Waals surface area contributed by atoms with E-state index in [9.17, 15) is 0 Å². The summed E-state index contributed by atoms with van der Waals surface area (Å²) < 4.78 is 4.63. The van der Waals surface area contributed by atoms with E-state index in [-0.39, 0.29) is 0 Å². The van der Waals surface area contributed by atoms with Crippen molar-refractivity contribution in [3.05, 3.63) is 52.9 Å². The van der Waals surface area contributed by atoms with Gasteiger partial charge in [-0.25, -0.2) is 4.63 Å². The fourth-order valence-electron chi connectivity index (χ4n) is 2.14. The molecule has 0 saturated heterocycles. The smallest absolute Gasteiger partial charge is 0.135 e. The molecule has 0 unspecified atom stereocenters. The predicted molar refractivity (Wildman–Crippen MR) is 60.9 cm³/mol. The largest absolute Gasteiger partial charge is 0.244 e. The third-order valence-electron chi connectivity index (χ3n) is 2.92. The van der Waals surface area contributed by atoms with Crippen molar-refractivity contribution in [2.75, 3.05) is 0 Å². The lowest BCUT2D eigenvalue weighted by Crippen LogP contribution is -2.01. The number of nitriles is 1. The Morgan fingerprint density at radius 2 is 2.29 bits per heavy atom. The van der Waals surface area contributed by atoms with Gasteiger partial charge in [-0.05, 0) is 41.3 Å². The van der Waals surface area contributed by atoms with Crippen LogP contribution in [-0.4, -0.2) is 10.3 Å². The molecule has 1 aromatic heterocycles. The maximum Gasteiger partial charge on any atom is 0.135 e. The first-order valence-electron chi connectivity index (χ1n) is 5.40. The lowest BCUT2D eigenvalue weighted by atomic mass is 9.88. The first-order valence-corrected chi connectivity index (χ1v) is 5.40. The zero-order valence-electron chi connectivity index (χ0n) is 9.05. The van der Waals surface area contributed by atoms with Crippen LogP contribution in [0.25, 0.3) is 5.57 Å². The molecule has 0 N–H and O–H groups in total. The topological polar surface area (TPSA) is 62.7 Å². The third-order valence-corrected chi connectivity index (χ3v) is 2.92.